The van der Waals surface area contributed by atoms with E-state index in [4.69, 9.17) is 10.5 Å². The van der Waals surface area contributed by atoms with Crippen molar-refractivity contribution in [2.45, 2.75) is 24.3 Å². The van der Waals surface area contributed by atoms with E-state index in [1.54, 1.807) is 6.92 Å². The molecule has 1 aromatic carbocycles. The van der Waals surface area contributed by atoms with E-state index in [1.807, 2.05) is 0 Å². The van der Waals surface area contributed by atoms with Crippen molar-refractivity contribution < 1.29 is 18.1 Å². The average molecular weight is 315 g/mol. The van der Waals surface area contributed by atoms with Gasteiger partial charge in [0.05, 0.1) is 22.5 Å². The number of nitro groups is 1. The van der Waals surface area contributed by atoms with Gasteiger partial charge in [0.15, 0.2) is 0 Å². The number of sulfonamides is 1. The van der Waals surface area contributed by atoms with E-state index in [0.717, 1.165) is 6.07 Å². The predicted molar refractivity (Wildman–Crippen MR) is 76.4 cm³/mol. The molecular weight excluding hydrogens is 298 g/mol. The molecule has 1 unspecified atom stereocenters. The van der Waals surface area contributed by atoms with Gasteiger partial charge in [0.25, 0.3) is 5.69 Å². The second-order valence-electron chi connectivity index (χ2n) is 4.97. The van der Waals surface area contributed by atoms with Crippen molar-refractivity contribution in [2.75, 3.05) is 26.0 Å². The van der Waals surface area contributed by atoms with Gasteiger partial charge in [0.2, 0.25) is 10.0 Å². The molecule has 2 rings (SSSR count). The van der Waals surface area contributed by atoms with Crippen molar-refractivity contribution in [3.05, 3.63) is 27.8 Å². The van der Waals surface area contributed by atoms with Crippen LogP contribution in [0.25, 0.3) is 0 Å². The van der Waals surface area contributed by atoms with Gasteiger partial charge in [0, 0.05) is 19.7 Å². The summed E-state index contributed by atoms with van der Waals surface area (Å²) in [5.74, 6) is 0. The Morgan fingerprint density at radius 2 is 2.14 bits per heavy atom. The summed E-state index contributed by atoms with van der Waals surface area (Å²) in [5.41, 5.74) is 5.48. The number of nitro benzene ring substituents is 1. The lowest BCUT2D eigenvalue weighted by Gasteiger charge is -2.23. The molecule has 0 radical (unpaired) electrons. The molecule has 1 fully saturated rings. The molecule has 1 heterocycles. The summed E-state index contributed by atoms with van der Waals surface area (Å²) >= 11 is 0. The molecule has 116 valence electrons. The first-order chi connectivity index (χ1) is 9.75. The predicted octanol–water partition coefficient (Wildman–Crippen LogP) is 0.895. The largest absolute Gasteiger partial charge is 0.393 e. The topological polar surface area (TPSA) is 116 Å². The Labute approximate surface area is 122 Å². The van der Waals surface area contributed by atoms with Crippen LogP contribution in [-0.2, 0) is 14.8 Å². The Hall–Kier alpha value is -1.71. The lowest BCUT2D eigenvalue weighted by Crippen LogP contribution is -2.37. The summed E-state index contributed by atoms with van der Waals surface area (Å²) in [6, 6.07) is 2.07. The van der Waals surface area contributed by atoms with Crippen LogP contribution in [0.2, 0.25) is 0 Å². The van der Waals surface area contributed by atoms with E-state index in [9.17, 15) is 18.5 Å². The van der Waals surface area contributed by atoms with Gasteiger partial charge in [-0.1, -0.05) is 0 Å². The number of likely N-dealkylation sites (N-methyl/N-ethyl adjacent to an activating group) is 1. The van der Waals surface area contributed by atoms with Gasteiger partial charge in [-0.15, -0.1) is 0 Å². The Balaban J connectivity index is 2.48. The van der Waals surface area contributed by atoms with E-state index in [2.05, 4.69) is 0 Å². The number of aryl methyl sites for hydroxylation is 1. The van der Waals surface area contributed by atoms with Gasteiger partial charge in [-0.25, -0.2) is 8.42 Å². The van der Waals surface area contributed by atoms with Gasteiger partial charge in [-0.3, -0.25) is 10.1 Å². The number of ether oxygens (including phenoxy) is 1. The second kappa shape index (κ2) is 5.58. The maximum absolute atomic E-state index is 12.6. The summed E-state index contributed by atoms with van der Waals surface area (Å²) in [6.07, 6.45) is 0.603. The fourth-order valence-electron chi connectivity index (χ4n) is 2.30. The number of nitrogen functional groups attached to an aromatic ring is 1. The third-order valence-electron chi connectivity index (χ3n) is 3.60. The molecule has 21 heavy (non-hydrogen) atoms. The third kappa shape index (κ3) is 2.85. The Kier molecular flexibility index (Phi) is 4.17. The summed E-state index contributed by atoms with van der Waals surface area (Å²) in [6.45, 7) is 2.39. The Morgan fingerprint density at radius 1 is 1.48 bits per heavy atom. The van der Waals surface area contributed by atoms with Crippen LogP contribution in [0.4, 0.5) is 11.4 Å². The van der Waals surface area contributed by atoms with Crippen LogP contribution in [0.1, 0.15) is 12.0 Å². The first kappa shape index (κ1) is 15.7. The van der Waals surface area contributed by atoms with Crippen molar-refractivity contribution in [3.8, 4) is 0 Å². The SMILES string of the molecule is Cc1cc(N)c([N+](=O)[O-])cc1S(=O)(=O)N(C)C1CCOC1. The zero-order chi connectivity index (χ0) is 15.8. The first-order valence-electron chi connectivity index (χ1n) is 6.35. The highest BCUT2D eigenvalue weighted by atomic mass is 32.2. The van der Waals surface area contributed by atoms with E-state index in [0.29, 0.717) is 25.2 Å². The highest BCUT2D eigenvalue weighted by Gasteiger charge is 2.33. The molecule has 1 atom stereocenters. The molecule has 1 aromatic rings. The highest BCUT2D eigenvalue weighted by Crippen LogP contribution is 2.31. The van der Waals surface area contributed by atoms with E-state index < -0.39 is 20.6 Å². The van der Waals surface area contributed by atoms with Crippen molar-refractivity contribution in [1.29, 1.82) is 0 Å². The minimum atomic E-state index is -3.83. The zero-order valence-corrected chi connectivity index (χ0v) is 12.6. The molecule has 2 N–H and O–H groups in total. The molecule has 0 amide bonds. The smallest absolute Gasteiger partial charge is 0.293 e. The number of benzene rings is 1. The number of anilines is 1. The fraction of sp³-hybridized carbons (Fsp3) is 0.500. The van der Waals surface area contributed by atoms with Crippen LogP contribution in [0.5, 0.6) is 0 Å². The summed E-state index contributed by atoms with van der Waals surface area (Å²) in [4.78, 5) is 10.1. The van der Waals surface area contributed by atoms with Crippen molar-refractivity contribution >= 4 is 21.4 Å². The molecule has 1 saturated heterocycles. The monoisotopic (exact) mass is 315 g/mol. The van der Waals surface area contributed by atoms with Crippen LogP contribution in [0.15, 0.2) is 17.0 Å². The van der Waals surface area contributed by atoms with E-state index >= 15 is 0 Å². The molecule has 0 aliphatic carbocycles. The Morgan fingerprint density at radius 3 is 2.67 bits per heavy atom. The molecule has 8 nitrogen and oxygen atoms in total. The van der Waals surface area contributed by atoms with Crippen molar-refractivity contribution in [1.82, 2.24) is 4.31 Å². The standard InChI is InChI=1S/C12H17N3O5S/c1-8-5-10(13)11(15(16)17)6-12(8)21(18,19)14(2)9-3-4-20-7-9/h5-6,9H,3-4,7,13H2,1-2H3. The van der Waals surface area contributed by atoms with Crippen molar-refractivity contribution in [3.63, 3.8) is 0 Å². The molecule has 0 spiro atoms. The second-order valence-corrected chi connectivity index (χ2v) is 6.94. The zero-order valence-electron chi connectivity index (χ0n) is 11.8. The molecule has 0 bridgehead atoms. The summed E-state index contributed by atoms with van der Waals surface area (Å²) in [5, 5.41) is 10.9. The maximum atomic E-state index is 12.6. The van der Waals surface area contributed by atoms with Gasteiger partial charge >= 0.3 is 0 Å². The number of hydrogen-bond acceptors (Lipinski definition) is 6. The summed E-state index contributed by atoms with van der Waals surface area (Å²) in [7, 11) is -2.38. The normalized spacial score (nSPS) is 19.1. The molecule has 0 saturated carbocycles. The highest BCUT2D eigenvalue weighted by molar-refractivity contribution is 7.89. The van der Waals surface area contributed by atoms with E-state index in [-0.39, 0.29) is 16.6 Å². The van der Waals surface area contributed by atoms with Crippen LogP contribution in [0.3, 0.4) is 0 Å². The summed E-state index contributed by atoms with van der Waals surface area (Å²) < 4.78 is 31.7. The first-order valence-corrected chi connectivity index (χ1v) is 7.79. The number of hydrogen-bond donors (Lipinski definition) is 1. The molecule has 9 heteroatoms. The van der Waals surface area contributed by atoms with Gasteiger partial charge in [-0.05, 0) is 25.0 Å². The Bertz CT molecular complexity index is 668. The lowest BCUT2D eigenvalue weighted by molar-refractivity contribution is -0.384. The minimum Gasteiger partial charge on any atom is -0.393 e. The fourth-order valence-corrected chi connectivity index (χ4v) is 3.89. The molecule has 1 aliphatic heterocycles. The number of rotatable bonds is 4. The van der Waals surface area contributed by atoms with Gasteiger partial charge in [0.1, 0.15) is 5.69 Å². The number of nitrogens with zero attached hydrogens (tertiary/aromatic N) is 2. The van der Waals surface area contributed by atoms with Crippen LogP contribution in [-0.4, -0.2) is 43.9 Å². The average Bonchev–Trinajstić information content (AvgIpc) is 2.90. The molecule has 1 aliphatic rings. The minimum absolute atomic E-state index is 0.0525. The van der Waals surface area contributed by atoms with E-state index in [1.165, 1.54) is 17.4 Å². The molecular formula is C12H17N3O5S. The quantitative estimate of drug-likeness (QED) is 0.501. The van der Waals surface area contributed by atoms with Crippen LogP contribution >= 0.6 is 0 Å². The van der Waals surface area contributed by atoms with Gasteiger partial charge < -0.3 is 10.5 Å². The van der Waals surface area contributed by atoms with Gasteiger partial charge in [-0.2, -0.15) is 4.31 Å². The van der Waals surface area contributed by atoms with Crippen molar-refractivity contribution in [2.24, 2.45) is 0 Å². The molecule has 0 aromatic heterocycles. The maximum Gasteiger partial charge on any atom is 0.293 e. The number of nitrogens with two attached hydrogens (primary N) is 1. The van der Waals surface area contributed by atoms with Crippen LogP contribution < -0.4 is 5.73 Å². The van der Waals surface area contributed by atoms with Crippen LogP contribution in [0, 0.1) is 17.0 Å². The third-order valence-corrected chi connectivity index (χ3v) is 5.65. The lowest BCUT2D eigenvalue weighted by atomic mass is 10.2.